The van der Waals surface area contributed by atoms with E-state index in [1.165, 1.54) is 29.3 Å². The molecule has 2 amide bonds. The fourth-order valence-corrected chi connectivity index (χ4v) is 5.08. The lowest BCUT2D eigenvalue weighted by molar-refractivity contribution is 0.117. The molecule has 10 heteroatoms. The van der Waals surface area contributed by atoms with Crippen LogP contribution in [-0.2, 0) is 9.84 Å². The Morgan fingerprint density at radius 3 is 2.57 bits per heavy atom. The van der Waals surface area contributed by atoms with Crippen molar-refractivity contribution in [1.82, 2.24) is 9.88 Å². The zero-order chi connectivity index (χ0) is 21.9. The van der Waals surface area contributed by atoms with Gasteiger partial charge in [0, 0.05) is 19.0 Å². The molecule has 1 aromatic carbocycles. The van der Waals surface area contributed by atoms with Crippen LogP contribution in [0.4, 0.5) is 19.3 Å². The molecule has 0 saturated carbocycles. The lowest BCUT2D eigenvalue weighted by atomic mass is 9.92. The fraction of sp³-hybridized carbons (Fsp3) is 0.350. The minimum Gasteiger partial charge on any atom is -0.325 e. The number of rotatable bonds is 4. The maximum atomic E-state index is 15.5. The molecule has 30 heavy (non-hydrogen) atoms. The predicted molar refractivity (Wildman–Crippen MR) is 105 cm³/mol. The van der Waals surface area contributed by atoms with Crippen molar-refractivity contribution in [3.05, 3.63) is 54.1 Å². The number of aromatic nitrogens is 1. The third kappa shape index (κ3) is 4.26. The summed E-state index contributed by atoms with van der Waals surface area (Å²) in [5, 5.41) is 8.79. The Morgan fingerprint density at radius 2 is 2.00 bits per heavy atom. The summed E-state index contributed by atoms with van der Waals surface area (Å²) in [7, 11) is -4.41. The number of sulfone groups is 1. The highest BCUT2D eigenvalue weighted by Crippen LogP contribution is 2.39. The lowest BCUT2D eigenvalue weighted by Crippen LogP contribution is -2.48. The number of carbonyl (C=O) groups excluding carboxylic acids is 1. The number of hydrogen-bond acceptors (Lipinski definition) is 5. The standard InChI is InChI=1S/C20H20F2N4O3S/c1-20(22,30(28,29)18-4-2-3-15(21)11-18)14-7-9-26(10-8-14)19(27)25-17-6-5-16(12-23)24-13-17/h2-6,11,13-14H,7-10H2,1H3,(H,25,27). The Morgan fingerprint density at radius 1 is 1.30 bits per heavy atom. The topological polar surface area (TPSA) is 103 Å². The Labute approximate surface area is 173 Å². The minimum atomic E-state index is -4.41. The van der Waals surface area contributed by atoms with E-state index in [1.54, 1.807) is 6.07 Å². The van der Waals surface area contributed by atoms with Crippen molar-refractivity contribution in [3.8, 4) is 6.07 Å². The van der Waals surface area contributed by atoms with Crippen molar-refractivity contribution in [1.29, 1.82) is 5.26 Å². The number of amides is 2. The van der Waals surface area contributed by atoms with Crippen LogP contribution < -0.4 is 5.32 Å². The maximum Gasteiger partial charge on any atom is 0.321 e. The molecule has 0 bridgehead atoms. The van der Waals surface area contributed by atoms with Gasteiger partial charge >= 0.3 is 6.03 Å². The summed E-state index contributed by atoms with van der Waals surface area (Å²) >= 11 is 0. The van der Waals surface area contributed by atoms with Crippen LogP contribution in [0.25, 0.3) is 0 Å². The van der Waals surface area contributed by atoms with Gasteiger partial charge in [0.2, 0.25) is 14.8 Å². The van der Waals surface area contributed by atoms with Crippen LogP contribution in [0, 0.1) is 23.1 Å². The summed E-state index contributed by atoms with van der Waals surface area (Å²) in [6.45, 7) is 1.33. The van der Waals surface area contributed by atoms with Gasteiger partial charge in [0.25, 0.3) is 0 Å². The number of carbonyl (C=O) groups is 1. The first-order valence-electron chi connectivity index (χ1n) is 9.26. The number of anilines is 1. The molecule has 1 unspecified atom stereocenters. The number of nitrogens with zero attached hydrogens (tertiary/aromatic N) is 3. The number of nitriles is 1. The largest absolute Gasteiger partial charge is 0.325 e. The Hall–Kier alpha value is -3.06. The number of pyridine rings is 1. The molecule has 1 atom stereocenters. The van der Waals surface area contributed by atoms with Crippen LogP contribution in [0.3, 0.4) is 0 Å². The van der Waals surface area contributed by atoms with E-state index in [-0.39, 0.29) is 31.6 Å². The molecule has 0 radical (unpaired) electrons. The van der Waals surface area contributed by atoms with E-state index in [4.69, 9.17) is 5.26 Å². The summed E-state index contributed by atoms with van der Waals surface area (Å²) in [6, 6.07) is 8.76. The third-order valence-corrected chi connectivity index (χ3v) is 7.53. The van der Waals surface area contributed by atoms with Crippen molar-refractivity contribution < 1.29 is 22.0 Å². The summed E-state index contributed by atoms with van der Waals surface area (Å²) in [5.41, 5.74) is 0.626. The van der Waals surface area contributed by atoms with Gasteiger partial charge in [0.15, 0.2) is 0 Å². The molecule has 1 aliphatic rings. The van der Waals surface area contributed by atoms with Crippen LogP contribution in [0.1, 0.15) is 25.5 Å². The molecule has 1 aliphatic heterocycles. The molecule has 3 rings (SSSR count). The monoisotopic (exact) mass is 434 g/mol. The van der Waals surface area contributed by atoms with Gasteiger partial charge < -0.3 is 10.2 Å². The molecule has 7 nitrogen and oxygen atoms in total. The number of hydrogen-bond donors (Lipinski definition) is 1. The van der Waals surface area contributed by atoms with Gasteiger partial charge in [-0.15, -0.1) is 0 Å². The molecular formula is C20H20F2N4O3S. The number of urea groups is 1. The van der Waals surface area contributed by atoms with Gasteiger partial charge in [-0.05, 0) is 50.1 Å². The number of benzene rings is 1. The second-order valence-electron chi connectivity index (χ2n) is 7.18. The van der Waals surface area contributed by atoms with Gasteiger partial charge in [-0.2, -0.15) is 5.26 Å². The zero-order valence-corrected chi connectivity index (χ0v) is 17.0. The summed E-state index contributed by atoms with van der Waals surface area (Å²) in [5.74, 6) is -1.60. The van der Waals surface area contributed by atoms with Crippen LogP contribution in [0.15, 0.2) is 47.5 Å². The average molecular weight is 434 g/mol. The summed E-state index contributed by atoms with van der Waals surface area (Å²) in [4.78, 5) is 17.3. The lowest BCUT2D eigenvalue weighted by Gasteiger charge is -2.37. The molecule has 2 heterocycles. The van der Waals surface area contributed by atoms with Crippen molar-refractivity contribution >= 4 is 21.6 Å². The van der Waals surface area contributed by atoms with Gasteiger partial charge in [0.05, 0.1) is 16.8 Å². The fourth-order valence-electron chi connectivity index (χ4n) is 3.42. The molecule has 1 fully saturated rings. The smallest absolute Gasteiger partial charge is 0.321 e. The van der Waals surface area contributed by atoms with Gasteiger partial charge in [0.1, 0.15) is 17.6 Å². The van der Waals surface area contributed by atoms with Crippen molar-refractivity contribution in [3.63, 3.8) is 0 Å². The normalized spacial score (nSPS) is 17.1. The second-order valence-corrected chi connectivity index (χ2v) is 9.46. The highest BCUT2D eigenvalue weighted by atomic mass is 32.2. The summed E-state index contributed by atoms with van der Waals surface area (Å²) < 4.78 is 54.4. The first kappa shape index (κ1) is 21.6. The number of halogens is 2. The first-order valence-corrected chi connectivity index (χ1v) is 10.7. The number of nitrogens with one attached hydrogen (secondary N) is 1. The average Bonchev–Trinajstić information content (AvgIpc) is 2.74. The van der Waals surface area contributed by atoms with E-state index >= 15 is 4.39 Å². The van der Waals surface area contributed by atoms with Crippen molar-refractivity contribution in [2.24, 2.45) is 5.92 Å². The summed E-state index contributed by atoms with van der Waals surface area (Å²) in [6.07, 6.45) is 1.63. The van der Waals surface area contributed by atoms with Crippen LogP contribution in [-0.4, -0.2) is 42.4 Å². The molecule has 1 N–H and O–H groups in total. The molecule has 1 saturated heterocycles. The number of piperidine rings is 1. The van der Waals surface area contributed by atoms with Crippen molar-refractivity contribution in [2.75, 3.05) is 18.4 Å². The highest BCUT2D eigenvalue weighted by Gasteiger charge is 2.48. The third-order valence-electron chi connectivity index (χ3n) is 5.27. The van der Waals surface area contributed by atoms with E-state index in [0.717, 1.165) is 19.1 Å². The SMILES string of the molecule is CC(F)(C1CCN(C(=O)Nc2ccc(C#N)nc2)CC1)S(=O)(=O)c1cccc(F)c1. The molecule has 0 aliphatic carbocycles. The molecule has 1 aromatic heterocycles. The molecular weight excluding hydrogens is 414 g/mol. The van der Waals surface area contributed by atoms with E-state index in [0.29, 0.717) is 5.69 Å². The van der Waals surface area contributed by atoms with Crippen LogP contribution >= 0.6 is 0 Å². The van der Waals surface area contributed by atoms with Gasteiger partial charge in [-0.1, -0.05) is 6.07 Å². The molecule has 0 spiro atoms. The van der Waals surface area contributed by atoms with E-state index < -0.39 is 37.5 Å². The minimum absolute atomic E-state index is 0.139. The number of alkyl halides is 1. The highest BCUT2D eigenvalue weighted by molar-refractivity contribution is 7.92. The quantitative estimate of drug-likeness (QED) is 0.793. The Bertz CT molecular complexity index is 1070. The van der Waals surface area contributed by atoms with Crippen LogP contribution in [0.2, 0.25) is 0 Å². The number of likely N-dealkylation sites (tertiary alicyclic amines) is 1. The van der Waals surface area contributed by atoms with Crippen molar-refractivity contribution in [2.45, 2.75) is 29.7 Å². The molecule has 2 aromatic rings. The van der Waals surface area contributed by atoms with Crippen LogP contribution in [0.5, 0.6) is 0 Å². The Balaban J connectivity index is 1.65. The van der Waals surface area contributed by atoms with E-state index in [2.05, 4.69) is 10.3 Å². The second kappa shape index (κ2) is 8.36. The van der Waals surface area contributed by atoms with E-state index in [9.17, 15) is 17.6 Å². The molecule has 158 valence electrons. The Kier molecular flexibility index (Phi) is 6.03. The van der Waals surface area contributed by atoms with E-state index in [1.807, 2.05) is 6.07 Å². The first-order chi connectivity index (χ1) is 14.1. The zero-order valence-electron chi connectivity index (χ0n) is 16.2. The maximum absolute atomic E-state index is 15.5. The van der Waals surface area contributed by atoms with Gasteiger partial charge in [-0.25, -0.2) is 27.0 Å². The van der Waals surface area contributed by atoms with Gasteiger partial charge in [-0.3, -0.25) is 0 Å². The predicted octanol–water partition coefficient (Wildman–Crippen LogP) is 3.50.